The van der Waals surface area contributed by atoms with Gasteiger partial charge in [0.05, 0.1) is 0 Å². The fourth-order valence-electron chi connectivity index (χ4n) is 1.51. The minimum absolute atomic E-state index is 0.0552. The molecule has 1 aliphatic carbocycles. The molecule has 0 bridgehead atoms. The lowest BCUT2D eigenvalue weighted by molar-refractivity contribution is 0.347. The first-order chi connectivity index (χ1) is 6.29. The predicted molar refractivity (Wildman–Crippen MR) is 51.1 cm³/mol. The van der Waals surface area contributed by atoms with Crippen LogP contribution in [0.1, 0.15) is 32.1 Å². The van der Waals surface area contributed by atoms with Crippen LogP contribution in [0.15, 0.2) is 0 Å². The van der Waals surface area contributed by atoms with Crippen molar-refractivity contribution in [2.75, 3.05) is 6.61 Å². The molecule has 74 valence electrons. The lowest BCUT2D eigenvalue weighted by Gasteiger charge is -2.15. The summed E-state index contributed by atoms with van der Waals surface area (Å²) in [5.41, 5.74) is 0. The van der Waals surface area contributed by atoms with Gasteiger partial charge in [0.25, 0.3) is 0 Å². The molecule has 0 aromatic heterocycles. The molecule has 4 heteroatoms. The van der Waals surface area contributed by atoms with E-state index in [1.54, 1.807) is 0 Å². The van der Waals surface area contributed by atoms with Gasteiger partial charge < -0.3 is 0 Å². The summed E-state index contributed by atoms with van der Waals surface area (Å²) in [4.78, 5) is 0. The topological polar surface area (TPSA) is 46.5 Å². The van der Waals surface area contributed by atoms with E-state index in [2.05, 4.69) is 16.0 Å². The van der Waals surface area contributed by atoms with Crippen molar-refractivity contribution in [3.8, 4) is 11.8 Å². The molecular formula is C9H14O3S. The summed E-state index contributed by atoms with van der Waals surface area (Å²) in [7, 11) is 0. The second kappa shape index (κ2) is 6.14. The molecule has 1 N–H and O–H groups in total. The van der Waals surface area contributed by atoms with E-state index >= 15 is 0 Å². The Kier molecular flexibility index (Phi) is 5.06. The maximum atomic E-state index is 10.1. The van der Waals surface area contributed by atoms with Gasteiger partial charge in [0.2, 0.25) is 0 Å². The van der Waals surface area contributed by atoms with E-state index in [0.29, 0.717) is 5.92 Å². The summed E-state index contributed by atoms with van der Waals surface area (Å²) in [5.74, 6) is 6.29. The Morgan fingerprint density at radius 2 is 2.08 bits per heavy atom. The first-order valence-corrected chi connectivity index (χ1v) is 5.55. The summed E-state index contributed by atoms with van der Waals surface area (Å²) in [5, 5.41) is 0. The molecule has 0 aliphatic heterocycles. The van der Waals surface area contributed by atoms with Crippen LogP contribution in [0.3, 0.4) is 0 Å². The van der Waals surface area contributed by atoms with Crippen LogP contribution in [0.5, 0.6) is 0 Å². The Hall–Kier alpha value is -0.370. The number of rotatable bonds is 2. The maximum Gasteiger partial charge on any atom is 0.302 e. The first-order valence-electron chi connectivity index (χ1n) is 4.51. The third-order valence-corrected chi connectivity index (χ3v) is 2.46. The minimum atomic E-state index is -2.17. The first kappa shape index (κ1) is 10.7. The predicted octanol–water partition coefficient (Wildman–Crippen LogP) is 1.72. The average molecular weight is 202 g/mol. The Morgan fingerprint density at radius 3 is 2.69 bits per heavy atom. The third-order valence-electron chi connectivity index (χ3n) is 2.14. The van der Waals surface area contributed by atoms with Crippen LogP contribution in [0.4, 0.5) is 0 Å². The standard InChI is InChI=1S/C9H14O3S/c10-13(11)12-8-4-7-9-5-2-1-3-6-9/h9H,1-3,5-6,8H2,(H,10,11). The van der Waals surface area contributed by atoms with E-state index in [-0.39, 0.29) is 6.61 Å². The summed E-state index contributed by atoms with van der Waals surface area (Å²) in [6.07, 6.45) is 6.15. The Morgan fingerprint density at radius 1 is 1.38 bits per heavy atom. The van der Waals surface area contributed by atoms with Gasteiger partial charge in [-0.05, 0) is 12.8 Å². The zero-order valence-electron chi connectivity index (χ0n) is 7.49. The molecule has 1 atom stereocenters. The summed E-state index contributed by atoms with van der Waals surface area (Å²) in [6, 6.07) is 0. The van der Waals surface area contributed by atoms with E-state index in [1.807, 2.05) is 0 Å². The zero-order chi connectivity index (χ0) is 9.52. The van der Waals surface area contributed by atoms with Gasteiger partial charge in [-0.1, -0.05) is 31.1 Å². The fraction of sp³-hybridized carbons (Fsp3) is 0.778. The van der Waals surface area contributed by atoms with Crippen molar-refractivity contribution in [2.45, 2.75) is 32.1 Å². The Bertz CT molecular complexity index is 223. The van der Waals surface area contributed by atoms with E-state index in [4.69, 9.17) is 4.55 Å². The quantitative estimate of drug-likeness (QED) is 0.548. The van der Waals surface area contributed by atoms with Crippen LogP contribution in [0.25, 0.3) is 0 Å². The number of hydrogen-bond acceptors (Lipinski definition) is 2. The molecule has 1 unspecified atom stereocenters. The SMILES string of the molecule is O=S(O)OCC#CC1CCCCC1. The largest absolute Gasteiger partial charge is 0.302 e. The van der Waals surface area contributed by atoms with Crippen LogP contribution < -0.4 is 0 Å². The van der Waals surface area contributed by atoms with Crippen molar-refractivity contribution >= 4 is 11.4 Å². The van der Waals surface area contributed by atoms with Crippen molar-refractivity contribution in [1.29, 1.82) is 0 Å². The van der Waals surface area contributed by atoms with Crippen LogP contribution >= 0.6 is 0 Å². The smallest absolute Gasteiger partial charge is 0.284 e. The van der Waals surface area contributed by atoms with Crippen LogP contribution in [0.2, 0.25) is 0 Å². The zero-order valence-corrected chi connectivity index (χ0v) is 8.31. The molecule has 0 amide bonds. The second-order valence-corrected chi connectivity index (χ2v) is 3.81. The fourth-order valence-corrected chi connectivity index (χ4v) is 1.67. The van der Waals surface area contributed by atoms with E-state index < -0.39 is 11.4 Å². The molecule has 1 saturated carbocycles. The summed E-state index contributed by atoms with van der Waals surface area (Å²) >= 11 is -2.17. The molecule has 1 rings (SSSR count). The van der Waals surface area contributed by atoms with Crippen molar-refractivity contribution in [2.24, 2.45) is 5.92 Å². The molecule has 0 radical (unpaired) electrons. The highest BCUT2D eigenvalue weighted by Crippen LogP contribution is 2.22. The van der Waals surface area contributed by atoms with Gasteiger partial charge in [0.15, 0.2) is 0 Å². The van der Waals surface area contributed by atoms with Crippen molar-refractivity contribution in [3.63, 3.8) is 0 Å². The highest BCUT2D eigenvalue weighted by molar-refractivity contribution is 7.74. The van der Waals surface area contributed by atoms with Crippen molar-refractivity contribution in [1.82, 2.24) is 0 Å². The highest BCUT2D eigenvalue weighted by atomic mass is 32.2. The average Bonchev–Trinajstić information content (AvgIpc) is 2.14. The van der Waals surface area contributed by atoms with Crippen LogP contribution in [-0.4, -0.2) is 15.4 Å². The van der Waals surface area contributed by atoms with E-state index in [9.17, 15) is 4.21 Å². The molecule has 1 aliphatic rings. The number of hydrogen-bond donors (Lipinski definition) is 1. The molecule has 13 heavy (non-hydrogen) atoms. The summed E-state index contributed by atoms with van der Waals surface area (Å²) < 4.78 is 22.7. The highest BCUT2D eigenvalue weighted by Gasteiger charge is 2.09. The van der Waals surface area contributed by atoms with Crippen molar-refractivity contribution in [3.05, 3.63) is 0 Å². The second-order valence-electron chi connectivity index (χ2n) is 3.14. The van der Waals surface area contributed by atoms with E-state index in [1.165, 1.54) is 19.3 Å². The maximum absolute atomic E-state index is 10.1. The molecule has 3 nitrogen and oxygen atoms in total. The molecule has 0 heterocycles. The molecule has 1 fully saturated rings. The minimum Gasteiger partial charge on any atom is -0.284 e. The van der Waals surface area contributed by atoms with Gasteiger partial charge in [-0.2, -0.15) is 4.21 Å². The van der Waals surface area contributed by atoms with Crippen molar-refractivity contribution < 1.29 is 12.9 Å². The van der Waals surface area contributed by atoms with Gasteiger partial charge in [-0.15, -0.1) is 0 Å². The van der Waals surface area contributed by atoms with Gasteiger partial charge in [0.1, 0.15) is 6.61 Å². The molecule has 0 aromatic carbocycles. The van der Waals surface area contributed by atoms with Crippen LogP contribution in [0, 0.1) is 17.8 Å². The molecule has 0 saturated heterocycles. The Balaban J connectivity index is 2.17. The lowest BCUT2D eigenvalue weighted by atomic mass is 9.90. The van der Waals surface area contributed by atoms with E-state index in [0.717, 1.165) is 12.8 Å². The molecular weight excluding hydrogens is 188 g/mol. The summed E-state index contributed by atoms with van der Waals surface area (Å²) in [6.45, 7) is 0.0552. The van der Waals surface area contributed by atoms with Crippen LogP contribution in [-0.2, 0) is 15.5 Å². The molecule has 0 aromatic rings. The van der Waals surface area contributed by atoms with Gasteiger partial charge in [0, 0.05) is 5.92 Å². The van der Waals surface area contributed by atoms with Gasteiger partial charge in [-0.25, -0.2) is 0 Å². The lowest BCUT2D eigenvalue weighted by Crippen LogP contribution is -2.03. The monoisotopic (exact) mass is 202 g/mol. The Labute approximate surface area is 81.4 Å². The third kappa shape index (κ3) is 5.04. The normalized spacial score (nSPS) is 20.4. The van der Waals surface area contributed by atoms with Gasteiger partial charge in [-0.3, -0.25) is 8.74 Å². The molecule has 0 spiro atoms. The van der Waals surface area contributed by atoms with Gasteiger partial charge >= 0.3 is 11.4 Å².